The van der Waals surface area contributed by atoms with Crippen LogP contribution in [0.2, 0.25) is 0 Å². The van der Waals surface area contributed by atoms with Gasteiger partial charge >= 0.3 is 0 Å². The molecule has 3 N–H and O–H groups in total. The van der Waals surface area contributed by atoms with E-state index < -0.39 is 25.9 Å². The van der Waals surface area contributed by atoms with Gasteiger partial charge in [0.05, 0.1) is 17.2 Å². The highest BCUT2D eigenvalue weighted by Crippen LogP contribution is 2.25. The molecule has 0 radical (unpaired) electrons. The minimum atomic E-state index is -3.98. The van der Waals surface area contributed by atoms with Crippen LogP contribution >= 0.6 is 0 Å². The van der Waals surface area contributed by atoms with Crippen LogP contribution in [0.4, 0.5) is 5.69 Å². The van der Waals surface area contributed by atoms with Gasteiger partial charge in [-0.25, -0.2) is 16.8 Å². The quantitative estimate of drug-likeness (QED) is 0.717. The van der Waals surface area contributed by atoms with Gasteiger partial charge in [0.2, 0.25) is 10.0 Å². The normalized spacial score (nSPS) is 14.4. The number of sulfonamides is 1. The molecule has 7 nitrogen and oxygen atoms in total. The second-order valence-corrected chi connectivity index (χ2v) is 8.51. The van der Waals surface area contributed by atoms with E-state index in [1.165, 1.54) is 26.1 Å². The molecule has 1 atom stereocenters. The van der Waals surface area contributed by atoms with Crippen LogP contribution in [0, 0.1) is 0 Å². The van der Waals surface area contributed by atoms with Gasteiger partial charge in [-0.1, -0.05) is 0 Å². The maximum Gasteiger partial charge on any atom is 0.245 e. The monoisotopic (exact) mass is 322 g/mol. The Morgan fingerprint density at radius 2 is 1.85 bits per heavy atom. The molecule has 0 bridgehead atoms. The largest absolute Gasteiger partial charge is 0.398 e. The van der Waals surface area contributed by atoms with Crippen molar-refractivity contribution in [2.75, 3.05) is 25.6 Å². The van der Waals surface area contributed by atoms with Gasteiger partial charge in [0, 0.05) is 19.3 Å². The number of sulfone groups is 1. The lowest BCUT2D eigenvalue weighted by atomic mass is 10.3. The van der Waals surface area contributed by atoms with Crippen LogP contribution in [0.5, 0.6) is 0 Å². The van der Waals surface area contributed by atoms with Crippen molar-refractivity contribution in [1.82, 2.24) is 4.31 Å². The number of rotatable bonds is 5. The minimum absolute atomic E-state index is 0.0469. The molecule has 9 heteroatoms. The topological polar surface area (TPSA) is 118 Å². The first-order valence-corrected chi connectivity index (χ1v) is 9.03. The summed E-state index contributed by atoms with van der Waals surface area (Å²) in [7, 11) is -6.23. The molecule has 0 aliphatic heterocycles. The molecular weight excluding hydrogens is 304 g/mol. The van der Waals surface area contributed by atoms with Crippen molar-refractivity contribution in [2.45, 2.75) is 22.8 Å². The van der Waals surface area contributed by atoms with Crippen molar-refractivity contribution in [3.05, 3.63) is 18.2 Å². The van der Waals surface area contributed by atoms with Crippen LogP contribution in [-0.4, -0.2) is 52.2 Å². The Kier molecular flexibility index (Phi) is 4.80. The molecule has 0 saturated heterocycles. The Morgan fingerprint density at radius 1 is 1.30 bits per heavy atom. The summed E-state index contributed by atoms with van der Waals surface area (Å²) in [6.07, 6.45) is 0.981. The van der Waals surface area contributed by atoms with Gasteiger partial charge in [-0.05, 0) is 25.1 Å². The van der Waals surface area contributed by atoms with Crippen LogP contribution in [0.3, 0.4) is 0 Å². The second kappa shape index (κ2) is 5.68. The van der Waals surface area contributed by atoms with E-state index in [-0.39, 0.29) is 22.1 Å². The fourth-order valence-electron chi connectivity index (χ4n) is 1.48. The Morgan fingerprint density at radius 3 is 2.30 bits per heavy atom. The SMILES string of the molecule is CC(CO)N(C)S(=O)(=O)c1cc(S(C)(=O)=O)ccc1N. The lowest BCUT2D eigenvalue weighted by Crippen LogP contribution is -2.37. The number of hydrogen-bond donors (Lipinski definition) is 2. The predicted molar refractivity (Wildman–Crippen MR) is 75.5 cm³/mol. The summed E-state index contributed by atoms with van der Waals surface area (Å²) in [6.45, 7) is 1.16. The predicted octanol–water partition coefficient (Wildman–Crippen LogP) is -0.326. The zero-order valence-corrected chi connectivity index (χ0v) is 13.1. The van der Waals surface area contributed by atoms with E-state index in [9.17, 15) is 16.8 Å². The standard InChI is InChI=1S/C11H18N2O5S2/c1-8(7-14)13(2)20(17,18)11-6-9(19(3,15)16)4-5-10(11)12/h4-6,8,14H,7,12H2,1-3H3. The van der Waals surface area contributed by atoms with E-state index in [2.05, 4.69) is 0 Å². The molecule has 114 valence electrons. The summed E-state index contributed by atoms with van der Waals surface area (Å²) in [5, 5.41) is 9.04. The summed E-state index contributed by atoms with van der Waals surface area (Å²) in [5.74, 6) is 0. The Hall–Kier alpha value is -1.16. The average Bonchev–Trinajstić information content (AvgIpc) is 2.35. The van der Waals surface area contributed by atoms with Gasteiger partial charge in [-0.15, -0.1) is 0 Å². The Labute approximate surface area is 119 Å². The molecular formula is C11H18N2O5S2. The molecule has 1 unspecified atom stereocenters. The molecule has 0 saturated carbocycles. The van der Waals surface area contributed by atoms with E-state index >= 15 is 0 Å². The summed E-state index contributed by atoms with van der Waals surface area (Å²) in [5.41, 5.74) is 5.59. The molecule has 0 aromatic heterocycles. The smallest absolute Gasteiger partial charge is 0.245 e. The molecule has 0 fully saturated rings. The zero-order valence-electron chi connectivity index (χ0n) is 11.4. The van der Waals surface area contributed by atoms with E-state index in [1.54, 1.807) is 0 Å². The van der Waals surface area contributed by atoms with Crippen molar-refractivity contribution < 1.29 is 21.9 Å². The molecule has 0 heterocycles. The molecule has 1 rings (SSSR count). The third-order valence-corrected chi connectivity index (χ3v) is 6.09. The number of aliphatic hydroxyl groups is 1. The molecule has 1 aromatic carbocycles. The molecule has 0 aliphatic rings. The van der Waals surface area contributed by atoms with Crippen LogP contribution in [0.25, 0.3) is 0 Å². The average molecular weight is 322 g/mol. The van der Waals surface area contributed by atoms with Crippen molar-refractivity contribution >= 4 is 25.5 Å². The van der Waals surface area contributed by atoms with E-state index in [0.29, 0.717) is 0 Å². The number of benzene rings is 1. The number of hydrogen-bond acceptors (Lipinski definition) is 6. The lowest BCUT2D eigenvalue weighted by Gasteiger charge is -2.23. The van der Waals surface area contributed by atoms with Crippen molar-refractivity contribution in [3.63, 3.8) is 0 Å². The van der Waals surface area contributed by atoms with Crippen molar-refractivity contribution in [3.8, 4) is 0 Å². The van der Waals surface area contributed by atoms with Crippen LogP contribution in [-0.2, 0) is 19.9 Å². The lowest BCUT2D eigenvalue weighted by molar-refractivity contribution is 0.214. The summed E-state index contributed by atoms with van der Waals surface area (Å²) in [4.78, 5) is -0.418. The number of likely N-dealkylation sites (N-methyl/N-ethyl adjacent to an activating group) is 1. The van der Waals surface area contributed by atoms with Gasteiger partial charge in [0.15, 0.2) is 9.84 Å². The van der Waals surface area contributed by atoms with Gasteiger partial charge in [-0.2, -0.15) is 4.31 Å². The van der Waals surface area contributed by atoms with Crippen LogP contribution in [0.15, 0.2) is 28.0 Å². The van der Waals surface area contributed by atoms with Gasteiger partial charge < -0.3 is 10.8 Å². The van der Waals surface area contributed by atoms with Gasteiger partial charge in [0.25, 0.3) is 0 Å². The van der Waals surface area contributed by atoms with Crippen LogP contribution < -0.4 is 5.73 Å². The Balaban J connectivity index is 3.46. The van der Waals surface area contributed by atoms with Gasteiger partial charge in [0.1, 0.15) is 4.90 Å². The molecule has 0 aliphatic carbocycles. The minimum Gasteiger partial charge on any atom is -0.398 e. The number of nitrogen functional groups attached to an aromatic ring is 1. The van der Waals surface area contributed by atoms with E-state index in [4.69, 9.17) is 10.8 Å². The third kappa shape index (κ3) is 3.29. The first-order chi connectivity index (χ1) is 9.01. The highest BCUT2D eigenvalue weighted by Gasteiger charge is 2.28. The highest BCUT2D eigenvalue weighted by atomic mass is 32.2. The van der Waals surface area contributed by atoms with E-state index in [1.807, 2.05) is 0 Å². The molecule has 0 spiro atoms. The van der Waals surface area contributed by atoms with Crippen molar-refractivity contribution in [2.24, 2.45) is 0 Å². The third-order valence-electron chi connectivity index (χ3n) is 2.96. The first-order valence-electron chi connectivity index (χ1n) is 5.70. The first kappa shape index (κ1) is 16.9. The summed E-state index contributed by atoms with van der Waals surface area (Å²) >= 11 is 0. The molecule has 0 amide bonds. The van der Waals surface area contributed by atoms with Crippen molar-refractivity contribution in [1.29, 1.82) is 0 Å². The number of nitrogens with zero attached hydrogens (tertiary/aromatic N) is 1. The second-order valence-electron chi connectivity index (χ2n) is 4.52. The molecule has 20 heavy (non-hydrogen) atoms. The number of nitrogens with two attached hydrogens (primary N) is 1. The number of aliphatic hydroxyl groups excluding tert-OH is 1. The fourth-order valence-corrected chi connectivity index (χ4v) is 3.69. The fraction of sp³-hybridized carbons (Fsp3) is 0.455. The molecule has 1 aromatic rings. The van der Waals surface area contributed by atoms with E-state index in [0.717, 1.165) is 16.6 Å². The summed E-state index contributed by atoms with van der Waals surface area (Å²) < 4.78 is 48.7. The highest BCUT2D eigenvalue weighted by molar-refractivity contribution is 7.91. The number of anilines is 1. The zero-order chi connectivity index (χ0) is 15.7. The Bertz CT molecular complexity index is 698. The maximum absolute atomic E-state index is 12.4. The summed E-state index contributed by atoms with van der Waals surface area (Å²) in [6, 6.07) is 2.86. The maximum atomic E-state index is 12.4. The van der Waals surface area contributed by atoms with Gasteiger partial charge in [-0.3, -0.25) is 0 Å². The van der Waals surface area contributed by atoms with Crippen LogP contribution in [0.1, 0.15) is 6.92 Å².